The Morgan fingerprint density at radius 3 is 2.58 bits per heavy atom. The molecule has 0 aromatic heterocycles. The van der Waals surface area contributed by atoms with Crippen LogP contribution in [0, 0.1) is 5.41 Å². The highest BCUT2D eigenvalue weighted by molar-refractivity contribution is 5.97. The minimum absolute atomic E-state index is 0.00223. The first-order valence-electron chi connectivity index (χ1n) is 6.82. The van der Waals surface area contributed by atoms with Gasteiger partial charge in [0.15, 0.2) is 0 Å². The summed E-state index contributed by atoms with van der Waals surface area (Å²) in [7, 11) is 0. The fraction of sp³-hybridized carbons (Fsp3) is 0.533. The topological polar surface area (TPSA) is 60.8 Å². The second-order valence-corrected chi connectivity index (χ2v) is 5.39. The van der Waals surface area contributed by atoms with Gasteiger partial charge in [-0.25, -0.2) is 0 Å². The van der Waals surface area contributed by atoms with E-state index in [1.54, 1.807) is 4.90 Å². The predicted molar refractivity (Wildman–Crippen MR) is 73.3 cm³/mol. The SMILES string of the molecule is CCC1(CC)CCN(C(=O)c2cc(O)ccc2O)C1. The molecule has 0 bridgehead atoms. The second kappa shape index (κ2) is 5.11. The summed E-state index contributed by atoms with van der Waals surface area (Å²) in [5.41, 5.74) is 0.394. The van der Waals surface area contributed by atoms with E-state index in [0.717, 1.165) is 32.4 Å². The molecule has 1 saturated heterocycles. The Bertz CT molecular complexity index is 480. The van der Waals surface area contributed by atoms with Crippen molar-refractivity contribution in [1.82, 2.24) is 4.90 Å². The van der Waals surface area contributed by atoms with Gasteiger partial charge >= 0.3 is 0 Å². The first-order valence-corrected chi connectivity index (χ1v) is 6.82. The Morgan fingerprint density at radius 1 is 1.32 bits per heavy atom. The summed E-state index contributed by atoms with van der Waals surface area (Å²) in [4.78, 5) is 14.2. The molecule has 2 N–H and O–H groups in total. The van der Waals surface area contributed by atoms with Crippen LogP contribution in [0.4, 0.5) is 0 Å². The number of likely N-dealkylation sites (tertiary alicyclic amines) is 1. The van der Waals surface area contributed by atoms with Crippen LogP contribution in [0.25, 0.3) is 0 Å². The Morgan fingerprint density at radius 2 is 2.00 bits per heavy atom. The van der Waals surface area contributed by atoms with Gasteiger partial charge < -0.3 is 15.1 Å². The molecule has 4 heteroatoms. The first kappa shape index (κ1) is 13.7. The van der Waals surface area contributed by atoms with Crippen LogP contribution in [0.15, 0.2) is 18.2 Å². The lowest BCUT2D eigenvalue weighted by atomic mass is 9.82. The zero-order chi connectivity index (χ0) is 14.0. The molecule has 0 radical (unpaired) electrons. The highest BCUT2D eigenvalue weighted by Gasteiger charge is 2.37. The summed E-state index contributed by atoms with van der Waals surface area (Å²) in [5.74, 6) is -0.275. The molecule has 2 rings (SSSR count). The van der Waals surface area contributed by atoms with Crippen LogP contribution in [-0.4, -0.2) is 34.1 Å². The number of rotatable bonds is 3. The van der Waals surface area contributed by atoms with Crippen molar-refractivity contribution in [2.24, 2.45) is 5.41 Å². The molecule has 0 aliphatic carbocycles. The van der Waals surface area contributed by atoms with E-state index < -0.39 is 0 Å². The van der Waals surface area contributed by atoms with Crippen LogP contribution in [0.1, 0.15) is 43.5 Å². The van der Waals surface area contributed by atoms with Crippen molar-refractivity contribution in [3.8, 4) is 11.5 Å². The molecule has 104 valence electrons. The Balaban J connectivity index is 2.20. The van der Waals surface area contributed by atoms with Crippen molar-refractivity contribution in [2.45, 2.75) is 33.1 Å². The molecule has 0 saturated carbocycles. The van der Waals surface area contributed by atoms with Gasteiger partial charge in [0.25, 0.3) is 5.91 Å². The molecule has 19 heavy (non-hydrogen) atoms. The van der Waals surface area contributed by atoms with Crippen LogP contribution in [0.3, 0.4) is 0 Å². The number of nitrogens with zero attached hydrogens (tertiary/aromatic N) is 1. The summed E-state index contributed by atoms with van der Waals surface area (Å²) >= 11 is 0. The van der Waals surface area contributed by atoms with Gasteiger partial charge in [0, 0.05) is 13.1 Å². The summed E-state index contributed by atoms with van der Waals surface area (Å²) in [6, 6.07) is 4.06. The number of benzene rings is 1. The van der Waals surface area contributed by atoms with Gasteiger partial charge in [-0.05, 0) is 42.9 Å². The number of phenolic OH excluding ortho intramolecular Hbond substituents is 2. The average Bonchev–Trinajstić information content (AvgIpc) is 2.86. The number of carbonyl (C=O) groups is 1. The molecular formula is C15H21NO3. The largest absolute Gasteiger partial charge is 0.508 e. The van der Waals surface area contributed by atoms with Gasteiger partial charge in [-0.2, -0.15) is 0 Å². The number of hydrogen-bond acceptors (Lipinski definition) is 3. The standard InChI is InChI=1S/C15H21NO3/c1-3-15(4-2)7-8-16(10-15)14(19)12-9-11(17)5-6-13(12)18/h5-6,9,17-18H,3-4,7-8,10H2,1-2H3. The Kier molecular flexibility index (Phi) is 3.69. The molecule has 0 spiro atoms. The van der Waals surface area contributed by atoms with Gasteiger partial charge in [-0.15, -0.1) is 0 Å². The summed E-state index contributed by atoms with van der Waals surface area (Å²) in [5, 5.41) is 19.2. The van der Waals surface area contributed by atoms with Gasteiger partial charge in [-0.1, -0.05) is 13.8 Å². The Hall–Kier alpha value is -1.71. The number of hydrogen-bond donors (Lipinski definition) is 2. The van der Waals surface area contributed by atoms with Crippen LogP contribution in [0.2, 0.25) is 0 Å². The van der Waals surface area contributed by atoms with E-state index in [-0.39, 0.29) is 28.4 Å². The molecular weight excluding hydrogens is 242 g/mol. The maximum absolute atomic E-state index is 12.4. The minimum atomic E-state index is -0.197. The lowest BCUT2D eigenvalue weighted by molar-refractivity contribution is 0.0766. The van der Waals surface area contributed by atoms with E-state index in [4.69, 9.17) is 0 Å². The van der Waals surface area contributed by atoms with Crippen molar-refractivity contribution in [3.63, 3.8) is 0 Å². The van der Waals surface area contributed by atoms with Crippen molar-refractivity contribution in [2.75, 3.05) is 13.1 Å². The monoisotopic (exact) mass is 263 g/mol. The van der Waals surface area contributed by atoms with Gasteiger partial charge in [0.05, 0.1) is 5.56 Å². The summed E-state index contributed by atoms with van der Waals surface area (Å²) in [6.07, 6.45) is 3.12. The molecule has 0 atom stereocenters. The zero-order valence-electron chi connectivity index (χ0n) is 11.5. The fourth-order valence-corrected chi connectivity index (χ4v) is 2.80. The minimum Gasteiger partial charge on any atom is -0.508 e. The number of carbonyl (C=O) groups excluding carboxylic acids is 1. The normalized spacial score (nSPS) is 17.7. The number of amides is 1. The van der Waals surface area contributed by atoms with E-state index in [1.807, 2.05) is 0 Å². The molecule has 1 aliphatic rings. The van der Waals surface area contributed by atoms with Crippen LogP contribution in [-0.2, 0) is 0 Å². The van der Waals surface area contributed by atoms with Gasteiger partial charge in [-0.3, -0.25) is 4.79 Å². The second-order valence-electron chi connectivity index (χ2n) is 5.39. The van der Waals surface area contributed by atoms with E-state index in [0.29, 0.717) is 0 Å². The molecule has 1 aromatic carbocycles. The Labute approximate surface area is 113 Å². The van der Waals surface area contributed by atoms with Crippen molar-refractivity contribution in [3.05, 3.63) is 23.8 Å². The molecule has 1 fully saturated rings. The summed E-state index contributed by atoms with van der Waals surface area (Å²) in [6.45, 7) is 5.76. The average molecular weight is 263 g/mol. The van der Waals surface area contributed by atoms with Crippen molar-refractivity contribution < 1.29 is 15.0 Å². The highest BCUT2D eigenvalue weighted by atomic mass is 16.3. The lowest BCUT2D eigenvalue weighted by Gasteiger charge is -2.26. The van der Waals surface area contributed by atoms with E-state index in [2.05, 4.69) is 13.8 Å². The lowest BCUT2D eigenvalue weighted by Crippen LogP contribution is -2.31. The van der Waals surface area contributed by atoms with E-state index in [9.17, 15) is 15.0 Å². The van der Waals surface area contributed by atoms with Crippen LogP contribution in [0.5, 0.6) is 11.5 Å². The molecule has 0 unspecified atom stereocenters. The third-order valence-electron chi connectivity index (χ3n) is 4.44. The van der Waals surface area contributed by atoms with Crippen LogP contribution < -0.4 is 0 Å². The smallest absolute Gasteiger partial charge is 0.257 e. The zero-order valence-corrected chi connectivity index (χ0v) is 11.5. The van der Waals surface area contributed by atoms with E-state index in [1.165, 1.54) is 18.2 Å². The molecule has 1 amide bonds. The van der Waals surface area contributed by atoms with E-state index >= 15 is 0 Å². The number of phenols is 2. The maximum atomic E-state index is 12.4. The molecule has 1 aromatic rings. The maximum Gasteiger partial charge on any atom is 0.257 e. The van der Waals surface area contributed by atoms with Crippen molar-refractivity contribution >= 4 is 5.91 Å². The quantitative estimate of drug-likeness (QED) is 0.824. The fourth-order valence-electron chi connectivity index (χ4n) is 2.80. The highest BCUT2D eigenvalue weighted by Crippen LogP contribution is 2.38. The van der Waals surface area contributed by atoms with Crippen molar-refractivity contribution in [1.29, 1.82) is 0 Å². The predicted octanol–water partition coefficient (Wildman–Crippen LogP) is 2.75. The molecule has 4 nitrogen and oxygen atoms in total. The molecule has 1 heterocycles. The third-order valence-corrected chi connectivity index (χ3v) is 4.44. The van der Waals surface area contributed by atoms with Gasteiger partial charge in [0.2, 0.25) is 0 Å². The molecule has 1 aliphatic heterocycles. The number of aromatic hydroxyl groups is 2. The summed E-state index contributed by atoms with van der Waals surface area (Å²) < 4.78 is 0. The third kappa shape index (κ3) is 2.53. The van der Waals surface area contributed by atoms with Crippen LogP contribution >= 0.6 is 0 Å². The first-order chi connectivity index (χ1) is 9.01. The van der Waals surface area contributed by atoms with Gasteiger partial charge in [0.1, 0.15) is 11.5 Å².